The molecular formula is C15H19NO2. The van der Waals surface area contributed by atoms with Gasteiger partial charge < -0.3 is 10.4 Å². The molecule has 1 aromatic rings. The molecule has 3 nitrogen and oxygen atoms in total. The number of hydrogen-bond donors (Lipinski definition) is 2. The van der Waals surface area contributed by atoms with Crippen LogP contribution in [0.15, 0.2) is 36.4 Å². The van der Waals surface area contributed by atoms with Crippen molar-refractivity contribution in [1.82, 2.24) is 5.32 Å². The first-order chi connectivity index (χ1) is 8.74. The summed E-state index contributed by atoms with van der Waals surface area (Å²) in [6.45, 7) is 0.853. The van der Waals surface area contributed by atoms with Crippen LogP contribution in [-0.4, -0.2) is 17.1 Å². The fraction of sp³-hybridized carbons (Fsp3) is 0.400. The molecule has 0 spiro atoms. The van der Waals surface area contributed by atoms with Crippen molar-refractivity contribution in [3.63, 3.8) is 0 Å². The van der Waals surface area contributed by atoms with E-state index in [-0.39, 0.29) is 6.42 Å². The van der Waals surface area contributed by atoms with E-state index in [0.717, 1.165) is 24.9 Å². The van der Waals surface area contributed by atoms with Gasteiger partial charge in [0.05, 0.1) is 6.42 Å². The Morgan fingerprint density at radius 3 is 2.56 bits per heavy atom. The average Bonchev–Trinajstić information content (AvgIpc) is 2.38. The molecular weight excluding hydrogens is 226 g/mol. The lowest BCUT2D eigenvalue weighted by molar-refractivity contribution is -0.136. The highest BCUT2D eigenvalue weighted by Gasteiger charge is 2.08. The molecule has 1 unspecified atom stereocenters. The first-order valence-electron chi connectivity index (χ1n) is 6.42. The molecule has 0 fully saturated rings. The van der Waals surface area contributed by atoms with Crippen LogP contribution in [-0.2, 0) is 17.8 Å². The van der Waals surface area contributed by atoms with Gasteiger partial charge in [0.2, 0.25) is 0 Å². The highest BCUT2D eigenvalue weighted by atomic mass is 16.4. The summed E-state index contributed by atoms with van der Waals surface area (Å²) < 4.78 is 0. The smallest absolute Gasteiger partial charge is 0.307 e. The Labute approximate surface area is 108 Å². The van der Waals surface area contributed by atoms with E-state index in [2.05, 4.69) is 17.5 Å². The van der Waals surface area contributed by atoms with Crippen molar-refractivity contribution >= 4 is 5.97 Å². The predicted molar refractivity (Wildman–Crippen MR) is 71.4 cm³/mol. The zero-order chi connectivity index (χ0) is 12.8. The molecule has 0 radical (unpaired) electrons. The zero-order valence-electron chi connectivity index (χ0n) is 10.4. The van der Waals surface area contributed by atoms with Crippen molar-refractivity contribution in [2.75, 3.05) is 0 Å². The third-order valence-electron chi connectivity index (χ3n) is 3.24. The van der Waals surface area contributed by atoms with E-state index < -0.39 is 5.97 Å². The first-order valence-corrected chi connectivity index (χ1v) is 6.42. The van der Waals surface area contributed by atoms with Gasteiger partial charge in [0.15, 0.2) is 0 Å². The van der Waals surface area contributed by atoms with E-state index in [1.54, 1.807) is 0 Å². The summed E-state index contributed by atoms with van der Waals surface area (Å²) in [5.41, 5.74) is 2.06. The van der Waals surface area contributed by atoms with Crippen LogP contribution in [0.5, 0.6) is 0 Å². The van der Waals surface area contributed by atoms with E-state index in [9.17, 15) is 4.79 Å². The summed E-state index contributed by atoms with van der Waals surface area (Å²) in [6.07, 6.45) is 8.04. The second kappa shape index (κ2) is 6.36. The molecule has 96 valence electrons. The number of carboxylic acid groups (broad SMARTS) is 1. The van der Waals surface area contributed by atoms with Crippen LogP contribution in [0.4, 0.5) is 0 Å². The lowest BCUT2D eigenvalue weighted by Crippen LogP contribution is -2.29. The standard InChI is InChI=1S/C15H19NO2/c17-15(18)10-12-6-8-13(9-7-12)11-16-14-4-2-1-3-5-14/h1-2,6-9,14,16H,3-5,10-11H2,(H,17,18). The Balaban J connectivity index is 1.82. The SMILES string of the molecule is O=C(O)Cc1ccc(CNC2CC=CCC2)cc1. The monoisotopic (exact) mass is 245 g/mol. The Kier molecular flexibility index (Phi) is 4.53. The van der Waals surface area contributed by atoms with Crippen LogP contribution in [0.25, 0.3) is 0 Å². The molecule has 1 aliphatic carbocycles. The maximum atomic E-state index is 10.6. The van der Waals surface area contributed by atoms with Crippen LogP contribution >= 0.6 is 0 Å². The van der Waals surface area contributed by atoms with E-state index >= 15 is 0 Å². The fourth-order valence-electron chi connectivity index (χ4n) is 2.19. The Hall–Kier alpha value is -1.61. The van der Waals surface area contributed by atoms with Crippen molar-refractivity contribution < 1.29 is 9.90 Å². The second-order valence-electron chi connectivity index (χ2n) is 4.75. The number of benzene rings is 1. The van der Waals surface area contributed by atoms with Crippen molar-refractivity contribution in [3.05, 3.63) is 47.5 Å². The van der Waals surface area contributed by atoms with Crippen LogP contribution in [0.3, 0.4) is 0 Å². The normalized spacial score (nSPS) is 18.8. The van der Waals surface area contributed by atoms with Crippen molar-refractivity contribution in [3.8, 4) is 0 Å². The molecule has 0 heterocycles. The van der Waals surface area contributed by atoms with E-state index in [1.807, 2.05) is 24.3 Å². The first kappa shape index (κ1) is 12.8. The molecule has 1 aromatic carbocycles. The summed E-state index contributed by atoms with van der Waals surface area (Å²) in [4.78, 5) is 10.6. The zero-order valence-corrected chi connectivity index (χ0v) is 10.4. The third-order valence-corrected chi connectivity index (χ3v) is 3.24. The lowest BCUT2D eigenvalue weighted by atomic mass is 10.0. The Morgan fingerprint density at radius 1 is 1.22 bits per heavy atom. The van der Waals surface area contributed by atoms with Gasteiger partial charge in [-0.25, -0.2) is 0 Å². The number of aliphatic carboxylic acids is 1. The molecule has 18 heavy (non-hydrogen) atoms. The van der Waals surface area contributed by atoms with Crippen LogP contribution in [0.2, 0.25) is 0 Å². The molecule has 0 amide bonds. The number of rotatable bonds is 5. The molecule has 1 aliphatic rings. The average molecular weight is 245 g/mol. The molecule has 0 saturated heterocycles. The number of carbonyl (C=O) groups is 1. The highest BCUT2D eigenvalue weighted by Crippen LogP contribution is 2.12. The van der Waals surface area contributed by atoms with Crippen LogP contribution in [0, 0.1) is 0 Å². The quantitative estimate of drug-likeness (QED) is 0.784. The number of carboxylic acids is 1. The van der Waals surface area contributed by atoms with Crippen molar-refractivity contribution in [2.24, 2.45) is 0 Å². The molecule has 0 bridgehead atoms. The number of hydrogen-bond acceptors (Lipinski definition) is 2. The molecule has 1 atom stereocenters. The van der Waals surface area contributed by atoms with Gasteiger partial charge in [-0.1, -0.05) is 36.4 Å². The highest BCUT2D eigenvalue weighted by molar-refractivity contribution is 5.70. The van der Waals surface area contributed by atoms with Gasteiger partial charge >= 0.3 is 5.97 Å². The summed E-state index contributed by atoms with van der Waals surface area (Å²) in [7, 11) is 0. The maximum absolute atomic E-state index is 10.6. The van der Waals surface area contributed by atoms with Gasteiger partial charge in [-0.15, -0.1) is 0 Å². The second-order valence-corrected chi connectivity index (χ2v) is 4.75. The predicted octanol–water partition coefficient (Wildman–Crippen LogP) is 2.51. The minimum absolute atomic E-state index is 0.0983. The number of nitrogens with one attached hydrogen (secondary N) is 1. The van der Waals surface area contributed by atoms with E-state index in [0.29, 0.717) is 6.04 Å². The van der Waals surface area contributed by atoms with Gasteiger partial charge in [0.25, 0.3) is 0 Å². The van der Waals surface area contributed by atoms with Gasteiger partial charge in [-0.2, -0.15) is 0 Å². The van der Waals surface area contributed by atoms with Crippen molar-refractivity contribution in [2.45, 2.75) is 38.3 Å². The van der Waals surface area contributed by atoms with Crippen LogP contribution in [0.1, 0.15) is 30.4 Å². The lowest BCUT2D eigenvalue weighted by Gasteiger charge is -2.19. The van der Waals surface area contributed by atoms with Crippen LogP contribution < -0.4 is 5.32 Å². The van der Waals surface area contributed by atoms with Gasteiger partial charge in [0.1, 0.15) is 0 Å². The molecule has 0 aromatic heterocycles. The topological polar surface area (TPSA) is 49.3 Å². The van der Waals surface area contributed by atoms with Crippen molar-refractivity contribution in [1.29, 1.82) is 0 Å². The maximum Gasteiger partial charge on any atom is 0.307 e. The Bertz CT molecular complexity index is 423. The van der Waals surface area contributed by atoms with E-state index in [1.165, 1.54) is 12.0 Å². The third kappa shape index (κ3) is 4.00. The summed E-state index contributed by atoms with van der Waals surface area (Å²) in [5.74, 6) is -0.783. The molecule has 2 N–H and O–H groups in total. The minimum Gasteiger partial charge on any atom is -0.481 e. The Morgan fingerprint density at radius 2 is 1.94 bits per heavy atom. The fourth-order valence-corrected chi connectivity index (χ4v) is 2.19. The number of allylic oxidation sites excluding steroid dienone is 1. The summed E-state index contributed by atoms with van der Waals surface area (Å²) in [6, 6.07) is 8.37. The van der Waals surface area contributed by atoms with Gasteiger partial charge in [-0.3, -0.25) is 4.79 Å². The minimum atomic E-state index is -0.783. The molecule has 0 aliphatic heterocycles. The van der Waals surface area contributed by atoms with Gasteiger partial charge in [0, 0.05) is 12.6 Å². The molecule has 3 heteroatoms. The molecule has 2 rings (SSSR count). The summed E-state index contributed by atoms with van der Waals surface area (Å²) >= 11 is 0. The van der Waals surface area contributed by atoms with E-state index in [4.69, 9.17) is 5.11 Å². The largest absolute Gasteiger partial charge is 0.481 e. The molecule has 0 saturated carbocycles. The van der Waals surface area contributed by atoms with Gasteiger partial charge in [-0.05, 0) is 30.4 Å². The summed E-state index contributed by atoms with van der Waals surface area (Å²) in [5, 5.41) is 12.2.